The fourth-order valence-corrected chi connectivity index (χ4v) is 2.53. The molecule has 0 aliphatic rings. The van der Waals surface area contributed by atoms with E-state index in [2.05, 4.69) is 4.98 Å². The molecule has 1 unspecified atom stereocenters. The minimum atomic E-state index is -0.435. The molecule has 2 rings (SSSR count). The molecule has 0 spiro atoms. The zero-order chi connectivity index (χ0) is 17.5. The van der Waals surface area contributed by atoms with Gasteiger partial charge < -0.3 is 9.64 Å². The molecular formula is C18H19ClN2O3. The van der Waals surface area contributed by atoms with E-state index in [4.69, 9.17) is 16.3 Å². The SMILES string of the molecule is COC(=O)C(C)CN(Cc1cccnc1)C(=O)c1cccc(Cl)c1. The van der Waals surface area contributed by atoms with Gasteiger partial charge in [0.05, 0.1) is 13.0 Å². The summed E-state index contributed by atoms with van der Waals surface area (Å²) in [5.74, 6) is -0.989. The lowest BCUT2D eigenvalue weighted by atomic mass is 10.1. The van der Waals surface area contributed by atoms with Gasteiger partial charge >= 0.3 is 5.97 Å². The predicted octanol–water partition coefficient (Wildman–Crippen LogP) is 3.19. The number of halogens is 1. The maximum atomic E-state index is 12.8. The summed E-state index contributed by atoms with van der Waals surface area (Å²) >= 11 is 5.98. The number of carbonyl (C=O) groups excluding carboxylic acids is 2. The van der Waals surface area contributed by atoms with Crippen molar-refractivity contribution < 1.29 is 14.3 Å². The molecule has 0 bridgehead atoms. The van der Waals surface area contributed by atoms with E-state index in [1.165, 1.54) is 7.11 Å². The standard InChI is InChI=1S/C18H19ClN2O3/c1-13(18(23)24-2)11-21(12-14-5-4-8-20-10-14)17(22)15-6-3-7-16(19)9-15/h3-10,13H,11-12H2,1-2H3. The minimum Gasteiger partial charge on any atom is -0.469 e. The molecule has 1 aromatic carbocycles. The van der Waals surface area contributed by atoms with E-state index in [0.29, 0.717) is 17.1 Å². The van der Waals surface area contributed by atoms with Crippen molar-refractivity contribution in [1.82, 2.24) is 9.88 Å². The van der Waals surface area contributed by atoms with E-state index in [0.717, 1.165) is 5.56 Å². The van der Waals surface area contributed by atoms with Crippen LogP contribution in [0.2, 0.25) is 5.02 Å². The summed E-state index contributed by atoms with van der Waals surface area (Å²) in [6, 6.07) is 10.4. The van der Waals surface area contributed by atoms with Crippen LogP contribution in [0.15, 0.2) is 48.8 Å². The first-order valence-corrected chi connectivity index (χ1v) is 7.90. The lowest BCUT2D eigenvalue weighted by molar-refractivity contribution is -0.145. The first-order chi connectivity index (χ1) is 11.5. The molecule has 0 radical (unpaired) electrons. The van der Waals surface area contributed by atoms with Crippen LogP contribution in [0.1, 0.15) is 22.8 Å². The molecule has 24 heavy (non-hydrogen) atoms. The number of amides is 1. The molecule has 5 nitrogen and oxygen atoms in total. The summed E-state index contributed by atoms with van der Waals surface area (Å²) in [4.78, 5) is 30.2. The quantitative estimate of drug-likeness (QED) is 0.754. The average Bonchev–Trinajstić information content (AvgIpc) is 2.60. The van der Waals surface area contributed by atoms with Crippen LogP contribution in [0.4, 0.5) is 0 Å². The van der Waals surface area contributed by atoms with Crippen LogP contribution in [-0.2, 0) is 16.1 Å². The monoisotopic (exact) mass is 346 g/mol. The zero-order valence-electron chi connectivity index (χ0n) is 13.6. The fraction of sp³-hybridized carbons (Fsp3) is 0.278. The zero-order valence-corrected chi connectivity index (χ0v) is 14.4. The molecule has 1 heterocycles. The summed E-state index contributed by atoms with van der Waals surface area (Å²) in [6.07, 6.45) is 3.37. The third-order valence-electron chi connectivity index (χ3n) is 3.55. The molecule has 2 aromatic rings. The Hall–Kier alpha value is -2.40. The largest absolute Gasteiger partial charge is 0.469 e. The highest BCUT2D eigenvalue weighted by molar-refractivity contribution is 6.30. The van der Waals surface area contributed by atoms with Crippen LogP contribution in [0, 0.1) is 5.92 Å². The number of hydrogen-bond acceptors (Lipinski definition) is 4. The second-order valence-corrected chi connectivity index (χ2v) is 5.92. The molecule has 1 atom stereocenters. The second-order valence-electron chi connectivity index (χ2n) is 5.48. The van der Waals surface area contributed by atoms with Crippen LogP contribution >= 0.6 is 11.6 Å². The van der Waals surface area contributed by atoms with Gasteiger partial charge in [-0.15, -0.1) is 0 Å². The number of aromatic nitrogens is 1. The number of carbonyl (C=O) groups is 2. The van der Waals surface area contributed by atoms with Gasteiger partial charge in [-0.3, -0.25) is 14.6 Å². The van der Waals surface area contributed by atoms with Gasteiger partial charge in [0, 0.05) is 36.1 Å². The van der Waals surface area contributed by atoms with E-state index >= 15 is 0 Å². The maximum absolute atomic E-state index is 12.8. The van der Waals surface area contributed by atoms with Crippen LogP contribution in [-0.4, -0.2) is 35.4 Å². The van der Waals surface area contributed by atoms with Crippen LogP contribution < -0.4 is 0 Å². The Bertz CT molecular complexity index is 706. The molecule has 0 N–H and O–H groups in total. The highest BCUT2D eigenvalue weighted by Crippen LogP contribution is 2.16. The first-order valence-electron chi connectivity index (χ1n) is 7.53. The van der Waals surface area contributed by atoms with E-state index in [9.17, 15) is 9.59 Å². The molecule has 0 aliphatic heterocycles. The maximum Gasteiger partial charge on any atom is 0.310 e. The lowest BCUT2D eigenvalue weighted by Crippen LogP contribution is -2.36. The molecule has 126 valence electrons. The molecule has 0 aliphatic carbocycles. The molecule has 0 fully saturated rings. The van der Waals surface area contributed by atoms with Gasteiger partial charge in [0.2, 0.25) is 0 Å². The van der Waals surface area contributed by atoms with Crippen molar-refractivity contribution in [3.8, 4) is 0 Å². The van der Waals surface area contributed by atoms with Crippen molar-refractivity contribution in [2.24, 2.45) is 5.92 Å². The van der Waals surface area contributed by atoms with Crippen molar-refractivity contribution in [1.29, 1.82) is 0 Å². The smallest absolute Gasteiger partial charge is 0.310 e. The Morgan fingerprint density at radius 1 is 1.29 bits per heavy atom. The van der Waals surface area contributed by atoms with E-state index in [1.54, 1.807) is 54.5 Å². The third kappa shape index (κ3) is 4.80. The summed E-state index contributed by atoms with van der Waals surface area (Å²) in [5.41, 5.74) is 1.36. The number of esters is 1. The average molecular weight is 347 g/mol. The molecule has 0 saturated carbocycles. The van der Waals surface area contributed by atoms with Crippen LogP contribution in [0.3, 0.4) is 0 Å². The van der Waals surface area contributed by atoms with E-state index in [-0.39, 0.29) is 18.4 Å². The molecular weight excluding hydrogens is 328 g/mol. The number of pyridine rings is 1. The van der Waals surface area contributed by atoms with Crippen LogP contribution in [0.25, 0.3) is 0 Å². The second kappa shape index (κ2) is 8.45. The fourth-order valence-electron chi connectivity index (χ4n) is 2.34. The molecule has 0 saturated heterocycles. The summed E-state index contributed by atoms with van der Waals surface area (Å²) in [7, 11) is 1.34. The van der Waals surface area contributed by atoms with Gasteiger partial charge in [-0.2, -0.15) is 0 Å². The summed E-state index contributed by atoms with van der Waals surface area (Å²) in [6.45, 7) is 2.32. The Morgan fingerprint density at radius 2 is 2.08 bits per heavy atom. The van der Waals surface area contributed by atoms with Gasteiger partial charge in [0.25, 0.3) is 5.91 Å². The van der Waals surface area contributed by atoms with E-state index in [1.807, 2.05) is 6.07 Å². The van der Waals surface area contributed by atoms with Gasteiger partial charge in [-0.25, -0.2) is 0 Å². The van der Waals surface area contributed by atoms with Gasteiger partial charge in [-0.05, 0) is 29.8 Å². The van der Waals surface area contributed by atoms with Crippen molar-refractivity contribution in [2.75, 3.05) is 13.7 Å². The number of hydrogen-bond donors (Lipinski definition) is 0. The number of nitrogens with zero attached hydrogens (tertiary/aromatic N) is 2. The summed E-state index contributed by atoms with van der Waals surface area (Å²) in [5, 5.41) is 0.489. The Labute approximate surface area is 146 Å². The highest BCUT2D eigenvalue weighted by atomic mass is 35.5. The van der Waals surface area contributed by atoms with Gasteiger partial charge in [-0.1, -0.05) is 30.7 Å². The van der Waals surface area contributed by atoms with Crippen molar-refractivity contribution in [3.05, 3.63) is 64.9 Å². The normalized spacial score (nSPS) is 11.6. The minimum absolute atomic E-state index is 0.197. The number of benzene rings is 1. The van der Waals surface area contributed by atoms with Crippen molar-refractivity contribution >= 4 is 23.5 Å². The van der Waals surface area contributed by atoms with Crippen molar-refractivity contribution in [3.63, 3.8) is 0 Å². The van der Waals surface area contributed by atoms with Gasteiger partial charge in [0.15, 0.2) is 0 Å². The topological polar surface area (TPSA) is 59.5 Å². The van der Waals surface area contributed by atoms with Crippen LogP contribution in [0.5, 0.6) is 0 Å². The number of ether oxygens (including phenoxy) is 1. The molecule has 1 amide bonds. The van der Waals surface area contributed by atoms with Crippen molar-refractivity contribution in [2.45, 2.75) is 13.5 Å². The third-order valence-corrected chi connectivity index (χ3v) is 3.79. The highest BCUT2D eigenvalue weighted by Gasteiger charge is 2.23. The molecule has 1 aromatic heterocycles. The lowest BCUT2D eigenvalue weighted by Gasteiger charge is -2.25. The number of rotatable bonds is 6. The number of methoxy groups -OCH3 is 1. The summed E-state index contributed by atoms with van der Waals surface area (Å²) < 4.78 is 4.76. The predicted molar refractivity (Wildman–Crippen MR) is 91.6 cm³/mol. The Morgan fingerprint density at radius 3 is 2.71 bits per heavy atom. The first kappa shape index (κ1) is 17.9. The van der Waals surface area contributed by atoms with E-state index < -0.39 is 5.92 Å². The Kier molecular flexibility index (Phi) is 6.32. The van der Waals surface area contributed by atoms with Gasteiger partial charge in [0.1, 0.15) is 0 Å². The molecule has 6 heteroatoms. The Balaban J connectivity index is 2.24.